The molecule has 3 aromatic heterocycles. The van der Waals surface area contributed by atoms with Crippen molar-refractivity contribution in [3.05, 3.63) is 42.2 Å². The van der Waals surface area contributed by atoms with Crippen LogP contribution in [0.25, 0.3) is 11.4 Å². The molecule has 0 spiro atoms. The highest BCUT2D eigenvalue weighted by Crippen LogP contribution is 2.30. The zero-order valence-electron chi connectivity index (χ0n) is 15.8. The van der Waals surface area contributed by atoms with Gasteiger partial charge in [0.05, 0.1) is 0 Å². The predicted octanol–water partition coefficient (Wildman–Crippen LogP) is 2.68. The van der Waals surface area contributed by atoms with Gasteiger partial charge in [0, 0.05) is 62.8 Å². The molecule has 4 heterocycles. The number of hydrogen-bond acceptors (Lipinski definition) is 8. The van der Waals surface area contributed by atoms with Crippen molar-refractivity contribution >= 4 is 11.8 Å². The lowest BCUT2D eigenvalue weighted by atomic mass is 9.97. The molecular formula is C19H23N7O. The van der Waals surface area contributed by atoms with Crippen molar-refractivity contribution in [1.82, 2.24) is 25.1 Å². The number of aromatic nitrogens is 5. The Balaban J connectivity index is 1.48. The van der Waals surface area contributed by atoms with Crippen molar-refractivity contribution in [2.45, 2.75) is 25.7 Å². The average Bonchev–Trinajstić information content (AvgIpc) is 3.19. The molecular weight excluding hydrogens is 342 g/mol. The van der Waals surface area contributed by atoms with Crippen molar-refractivity contribution in [3.8, 4) is 11.4 Å². The Labute approximate surface area is 158 Å². The van der Waals surface area contributed by atoms with E-state index in [9.17, 15) is 0 Å². The van der Waals surface area contributed by atoms with Crippen LogP contribution in [0.15, 0.2) is 35.1 Å². The highest BCUT2D eigenvalue weighted by Gasteiger charge is 2.26. The summed E-state index contributed by atoms with van der Waals surface area (Å²) in [6, 6.07) is 5.92. The summed E-state index contributed by atoms with van der Waals surface area (Å²) < 4.78 is 5.45. The Morgan fingerprint density at radius 1 is 1.15 bits per heavy atom. The maximum atomic E-state index is 5.45. The van der Waals surface area contributed by atoms with Gasteiger partial charge in [0.1, 0.15) is 5.82 Å². The van der Waals surface area contributed by atoms with Crippen LogP contribution in [0.1, 0.15) is 30.3 Å². The second-order valence-electron chi connectivity index (χ2n) is 7.02. The van der Waals surface area contributed by atoms with Crippen molar-refractivity contribution in [1.29, 1.82) is 0 Å². The maximum absolute atomic E-state index is 5.45. The molecule has 1 saturated heterocycles. The second-order valence-corrected chi connectivity index (χ2v) is 7.02. The van der Waals surface area contributed by atoms with Crippen molar-refractivity contribution in [2.24, 2.45) is 0 Å². The van der Waals surface area contributed by atoms with E-state index in [4.69, 9.17) is 9.51 Å². The molecule has 0 amide bonds. The van der Waals surface area contributed by atoms with Gasteiger partial charge < -0.3 is 14.3 Å². The van der Waals surface area contributed by atoms with E-state index in [0.717, 1.165) is 48.9 Å². The smallest absolute Gasteiger partial charge is 0.265 e. The van der Waals surface area contributed by atoms with Gasteiger partial charge in [0.2, 0.25) is 5.89 Å². The SMILES string of the molecule is Cc1cc(N2CCC(c3nc(N(C)C)no3)CC2)nc(-c2cccnc2)n1. The molecule has 0 radical (unpaired) electrons. The lowest BCUT2D eigenvalue weighted by Gasteiger charge is -2.31. The molecule has 0 aliphatic carbocycles. The van der Waals surface area contributed by atoms with Gasteiger partial charge >= 0.3 is 0 Å². The molecule has 8 heteroatoms. The first kappa shape index (κ1) is 17.4. The molecule has 1 aliphatic heterocycles. The highest BCUT2D eigenvalue weighted by molar-refractivity contribution is 5.56. The van der Waals surface area contributed by atoms with Gasteiger partial charge in [-0.25, -0.2) is 9.97 Å². The molecule has 3 aromatic rings. The van der Waals surface area contributed by atoms with Crippen LogP contribution < -0.4 is 9.80 Å². The number of piperidine rings is 1. The molecule has 0 bridgehead atoms. The average molecular weight is 365 g/mol. The van der Waals surface area contributed by atoms with Gasteiger partial charge in [-0.05, 0) is 37.1 Å². The first-order valence-corrected chi connectivity index (χ1v) is 9.12. The molecule has 1 fully saturated rings. The standard InChI is InChI=1S/C19H23N7O/c1-13-11-16(22-17(21-13)15-5-4-8-20-12-15)26-9-6-14(7-10-26)18-23-19(24-27-18)25(2)3/h4-5,8,11-12,14H,6-7,9-10H2,1-3H3. The number of aryl methyl sites for hydroxylation is 1. The van der Waals surface area contributed by atoms with E-state index >= 15 is 0 Å². The first-order chi connectivity index (χ1) is 13.1. The Morgan fingerprint density at radius 3 is 2.63 bits per heavy atom. The molecule has 1 aliphatic rings. The van der Waals surface area contributed by atoms with Crippen LogP contribution in [0.4, 0.5) is 11.8 Å². The summed E-state index contributed by atoms with van der Waals surface area (Å²) >= 11 is 0. The van der Waals surface area contributed by atoms with Crippen LogP contribution in [-0.4, -0.2) is 52.3 Å². The summed E-state index contributed by atoms with van der Waals surface area (Å²) in [6.07, 6.45) is 5.47. The third-order valence-electron chi connectivity index (χ3n) is 4.76. The second kappa shape index (κ2) is 7.30. The van der Waals surface area contributed by atoms with Gasteiger partial charge in [0.25, 0.3) is 5.95 Å². The fourth-order valence-electron chi connectivity index (χ4n) is 3.27. The summed E-state index contributed by atoms with van der Waals surface area (Å²) in [5.41, 5.74) is 1.88. The molecule has 0 N–H and O–H groups in total. The molecule has 27 heavy (non-hydrogen) atoms. The lowest BCUT2D eigenvalue weighted by Crippen LogP contribution is -2.33. The highest BCUT2D eigenvalue weighted by atomic mass is 16.5. The Morgan fingerprint density at radius 2 is 1.96 bits per heavy atom. The van der Waals surface area contributed by atoms with Crippen molar-refractivity contribution in [3.63, 3.8) is 0 Å². The molecule has 8 nitrogen and oxygen atoms in total. The lowest BCUT2D eigenvalue weighted by molar-refractivity contribution is 0.329. The summed E-state index contributed by atoms with van der Waals surface area (Å²) in [4.78, 5) is 22.2. The minimum absolute atomic E-state index is 0.295. The number of pyridine rings is 1. The van der Waals surface area contributed by atoms with E-state index in [2.05, 4.69) is 25.0 Å². The van der Waals surface area contributed by atoms with Gasteiger partial charge in [-0.1, -0.05) is 0 Å². The van der Waals surface area contributed by atoms with Crippen LogP contribution in [0.5, 0.6) is 0 Å². The van der Waals surface area contributed by atoms with Gasteiger partial charge in [-0.15, -0.1) is 0 Å². The van der Waals surface area contributed by atoms with Crippen LogP contribution in [0.3, 0.4) is 0 Å². The minimum Gasteiger partial charge on any atom is -0.356 e. The Kier molecular flexibility index (Phi) is 4.70. The number of hydrogen-bond donors (Lipinski definition) is 0. The van der Waals surface area contributed by atoms with E-state index in [0.29, 0.717) is 17.7 Å². The third kappa shape index (κ3) is 3.74. The van der Waals surface area contributed by atoms with Crippen molar-refractivity contribution in [2.75, 3.05) is 37.0 Å². The van der Waals surface area contributed by atoms with Gasteiger partial charge in [0.15, 0.2) is 5.82 Å². The van der Waals surface area contributed by atoms with E-state index < -0.39 is 0 Å². The zero-order chi connectivity index (χ0) is 18.8. The van der Waals surface area contributed by atoms with Gasteiger partial charge in [-0.3, -0.25) is 4.98 Å². The van der Waals surface area contributed by atoms with Crippen LogP contribution >= 0.6 is 0 Å². The van der Waals surface area contributed by atoms with E-state index in [1.165, 1.54) is 0 Å². The van der Waals surface area contributed by atoms with Crippen LogP contribution in [0, 0.1) is 6.92 Å². The minimum atomic E-state index is 0.295. The summed E-state index contributed by atoms with van der Waals surface area (Å²) in [5.74, 6) is 3.32. The molecule has 0 aromatic carbocycles. The van der Waals surface area contributed by atoms with E-state index in [1.807, 2.05) is 44.1 Å². The van der Waals surface area contributed by atoms with Gasteiger partial charge in [-0.2, -0.15) is 4.98 Å². The fraction of sp³-hybridized carbons (Fsp3) is 0.421. The molecule has 140 valence electrons. The molecule has 0 unspecified atom stereocenters. The monoisotopic (exact) mass is 365 g/mol. The Bertz CT molecular complexity index is 901. The summed E-state index contributed by atoms with van der Waals surface area (Å²) in [6.45, 7) is 3.79. The molecule has 0 atom stereocenters. The number of rotatable bonds is 4. The number of nitrogens with zero attached hydrogens (tertiary/aromatic N) is 7. The normalized spacial score (nSPS) is 15.1. The zero-order valence-corrected chi connectivity index (χ0v) is 15.8. The molecule has 0 saturated carbocycles. The van der Waals surface area contributed by atoms with E-state index in [1.54, 1.807) is 12.4 Å². The predicted molar refractivity (Wildman–Crippen MR) is 103 cm³/mol. The number of anilines is 2. The quantitative estimate of drug-likeness (QED) is 0.698. The van der Waals surface area contributed by atoms with Crippen LogP contribution in [0.2, 0.25) is 0 Å². The largest absolute Gasteiger partial charge is 0.356 e. The third-order valence-corrected chi connectivity index (χ3v) is 4.76. The van der Waals surface area contributed by atoms with Crippen molar-refractivity contribution < 1.29 is 4.52 Å². The summed E-state index contributed by atoms with van der Waals surface area (Å²) in [5, 5.41) is 4.02. The summed E-state index contributed by atoms with van der Waals surface area (Å²) in [7, 11) is 3.82. The maximum Gasteiger partial charge on any atom is 0.265 e. The first-order valence-electron chi connectivity index (χ1n) is 9.12. The Hall–Kier alpha value is -3.03. The molecule has 4 rings (SSSR count). The van der Waals surface area contributed by atoms with Crippen LogP contribution in [-0.2, 0) is 0 Å². The van der Waals surface area contributed by atoms with E-state index in [-0.39, 0.29) is 0 Å². The fourth-order valence-corrected chi connectivity index (χ4v) is 3.27. The topological polar surface area (TPSA) is 84.1 Å².